The summed E-state index contributed by atoms with van der Waals surface area (Å²) in [5, 5.41) is 7.44. The van der Waals surface area contributed by atoms with Gasteiger partial charge in [0.25, 0.3) is 0 Å². The topological polar surface area (TPSA) is 174 Å². The van der Waals surface area contributed by atoms with Crippen LogP contribution in [0.1, 0.15) is 5.56 Å². The molecule has 0 bridgehead atoms. The predicted molar refractivity (Wildman–Crippen MR) is 88.7 cm³/mol. The summed E-state index contributed by atoms with van der Waals surface area (Å²) in [6.45, 7) is 1.65. The van der Waals surface area contributed by atoms with Gasteiger partial charge in [-0.05, 0) is 36.8 Å². The number of nitrogens with two attached hydrogens (primary N) is 1. The quantitative estimate of drug-likeness (QED) is 0.209. The van der Waals surface area contributed by atoms with Gasteiger partial charge in [-0.2, -0.15) is 5.11 Å². The van der Waals surface area contributed by atoms with Crippen LogP contribution in [-0.2, 0) is 20.2 Å². The Morgan fingerprint density at radius 2 is 1.50 bits per heavy atom. The van der Waals surface area contributed by atoms with Gasteiger partial charge in [0.05, 0.1) is 28.3 Å². The Morgan fingerprint density at radius 1 is 0.929 bits per heavy atom. The Morgan fingerprint density at radius 3 is 2.00 bits per heavy atom. The molecule has 0 atom stereocenters. The second-order valence-corrected chi connectivity index (χ2v) is 7.85. The third-order valence-corrected chi connectivity index (χ3v) is 5.02. The van der Waals surface area contributed by atoms with Gasteiger partial charge in [0.15, 0.2) is 0 Å². The summed E-state index contributed by atoms with van der Waals surface area (Å²) in [5.74, 6) is 0.289. The van der Waals surface area contributed by atoms with Crippen molar-refractivity contribution < 1.29 is 89.8 Å². The van der Waals surface area contributed by atoms with E-state index in [0.29, 0.717) is 29.4 Å². The zero-order valence-electron chi connectivity index (χ0n) is 15.5. The molecule has 0 aliphatic heterocycles. The molecule has 0 aliphatic rings. The number of anilines is 1. The van der Waals surface area contributed by atoms with Crippen molar-refractivity contribution in [2.75, 3.05) is 12.8 Å². The smallest absolute Gasteiger partial charge is 0.744 e. The van der Waals surface area contributed by atoms with E-state index in [1.54, 1.807) is 6.92 Å². The fourth-order valence-electron chi connectivity index (χ4n) is 2.03. The molecule has 0 fully saturated rings. The van der Waals surface area contributed by atoms with Gasteiger partial charge in [-0.1, -0.05) is 0 Å². The Bertz CT molecular complexity index is 1100. The average Bonchev–Trinajstić information content (AvgIpc) is 2.52. The number of benzene rings is 2. The molecule has 10 nitrogen and oxygen atoms in total. The largest absolute Gasteiger partial charge is 1.00 e. The van der Waals surface area contributed by atoms with Crippen LogP contribution in [0, 0.1) is 6.92 Å². The molecule has 0 unspecified atom stereocenters. The number of aryl methyl sites for hydroxylation is 1. The van der Waals surface area contributed by atoms with Crippen LogP contribution in [0.2, 0.25) is 0 Å². The normalized spacial score (nSPS) is 11.6. The van der Waals surface area contributed by atoms with Crippen LogP contribution in [0.15, 0.2) is 50.4 Å². The third kappa shape index (κ3) is 6.76. The van der Waals surface area contributed by atoms with Crippen molar-refractivity contribution in [3.63, 3.8) is 0 Å². The minimum atomic E-state index is -4.98. The predicted octanol–water partition coefficient (Wildman–Crippen LogP) is -4.18. The van der Waals surface area contributed by atoms with Gasteiger partial charge in [-0.25, -0.2) is 16.8 Å². The molecular weight excluding hydrogens is 432 g/mol. The molecule has 0 saturated heterocycles. The summed E-state index contributed by atoms with van der Waals surface area (Å²) >= 11 is 0. The summed E-state index contributed by atoms with van der Waals surface area (Å²) in [5.41, 5.74) is 6.30. The number of nitrogen functional groups attached to an aromatic ring is 1. The van der Waals surface area contributed by atoms with E-state index >= 15 is 0 Å². The molecule has 0 saturated carbocycles. The first kappa shape index (κ1) is 27.5. The van der Waals surface area contributed by atoms with Crippen LogP contribution in [-0.4, -0.2) is 33.1 Å². The Labute approximate surface area is 206 Å². The van der Waals surface area contributed by atoms with E-state index in [4.69, 9.17) is 10.5 Å². The molecule has 2 aromatic carbocycles. The van der Waals surface area contributed by atoms with E-state index in [-0.39, 0.29) is 70.6 Å². The van der Waals surface area contributed by atoms with Crippen molar-refractivity contribution in [1.29, 1.82) is 0 Å². The second kappa shape index (κ2) is 10.5. The maximum Gasteiger partial charge on any atom is 1.00 e. The molecule has 0 spiro atoms. The fraction of sp³-hybridized carbons (Fsp3) is 0.143. The number of ether oxygens (including phenoxy) is 1. The molecule has 0 aromatic heterocycles. The summed E-state index contributed by atoms with van der Waals surface area (Å²) in [7, 11) is -8.47. The molecule has 0 heterocycles. The summed E-state index contributed by atoms with van der Waals surface area (Å²) in [4.78, 5) is -1.56. The standard InChI is InChI=1S/C14H15N3O7S2.2Na/c1-8-5-10(15)13(24-2)7-11(8)16-17-12-6-9(25(18,19)20)3-4-14(12)26(21,22)23;;/h3-7H,15H2,1-2H3,(H,18,19,20)(H,21,22,23);;/q;2*+1/p-2. The number of azo groups is 1. The number of hydrogen-bond donors (Lipinski definition) is 1. The van der Waals surface area contributed by atoms with Crippen molar-refractivity contribution >= 4 is 37.3 Å². The summed E-state index contributed by atoms with van der Waals surface area (Å²) < 4.78 is 72.3. The molecule has 0 radical (unpaired) electrons. The van der Waals surface area contributed by atoms with E-state index < -0.39 is 35.7 Å². The minimum Gasteiger partial charge on any atom is -0.744 e. The summed E-state index contributed by atoms with van der Waals surface area (Å²) in [6, 6.07) is 5.03. The van der Waals surface area contributed by atoms with Crippen molar-refractivity contribution in [2.24, 2.45) is 10.2 Å². The maximum absolute atomic E-state index is 11.3. The van der Waals surface area contributed by atoms with Gasteiger partial charge in [0.1, 0.15) is 31.7 Å². The first-order valence-electron chi connectivity index (χ1n) is 6.85. The number of hydrogen-bond acceptors (Lipinski definition) is 10. The first-order valence-corrected chi connectivity index (χ1v) is 9.67. The Hall–Kier alpha value is -0.540. The molecule has 2 N–H and O–H groups in total. The van der Waals surface area contributed by atoms with Gasteiger partial charge in [0.2, 0.25) is 0 Å². The second-order valence-electron chi connectivity index (χ2n) is 5.12. The Balaban J connectivity index is 0.00000364. The van der Waals surface area contributed by atoms with Gasteiger partial charge in [-0.3, -0.25) is 0 Å². The average molecular weight is 445 g/mol. The van der Waals surface area contributed by atoms with Crippen LogP contribution in [0.5, 0.6) is 5.75 Å². The first-order chi connectivity index (χ1) is 11.9. The molecule has 2 aromatic rings. The minimum absolute atomic E-state index is 0. The Kier molecular flexibility index (Phi) is 10.3. The van der Waals surface area contributed by atoms with Gasteiger partial charge in [0, 0.05) is 6.07 Å². The zero-order chi connectivity index (χ0) is 19.7. The zero-order valence-corrected chi connectivity index (χ0v) is 21.2. The van der Waals surface area contributed by atoms with Crippen LogP contribution in [0.25, 0.3) is 0 Å². The van der Waals surface area contributed by atoms with E-state index in [1.165, 1.54) is 19.2 Å². The van der Waals surface area contributed by atoms with Gasteiger partial charge in [-0.15, -0.1) is 5.11 Å². The van der Waals surface area contributed by atoms with Gasteiger partial charge >= 0.3 is 59.1 Å². The monoisotopic (exact) mass is 445 g/mol. The molecule has 0 amide bonds. The van der Waals surface area contributed by atoms with Crippen molar-refractivity contribution in [3.8, 4) is 5.75 Å². The van der Waals surface area contributed by atoms with Crippen LogP contribution in [0.4, 0.5) is 17.1 Å². The molecular formula is C14H13N3Na2O7S2. The van der Waals surface area contributed by atoms with Crippen LogP contribution >= 0.6 is 0 Å². The van der Waals surface area contributed by atoms with E-state index in [1.807, 2.05) is 0 Å². The van der Waals surface area contributed by atoms with Crippen molar-refractivity contribution in [3.05, 3.63) is 35.9 Å². The fourth-order valence-corrected chi connectivity index (χ4v) is 3.12. The van der Waals surface area contributed by atoms with Crippen molar-refractivity contribution in [2.45, 2.75) is 16.7 Å². The van der Waals surface area contributed by atoms with Gasteiger partial charge < -0.3 is 19.6 Å². The summed E-state index contributed by atoms with van der Waals surface area (Å²) in [6.07, 6.45) is 0. The number of rotatable bonds is 5. The van der Waals surface area contributed by atoms with Crippen LogP contribution in [0.3, 0.4) is 0 Å². The van der Waals surface area contributed by atoms with Crippen LogP contribution < -0.4 is 69.6 Å². The van der Waals surface area contributed by atoms with E-state index in [2.05, 4.69) is 10.2 Å². The molecule has 14 heteroatoms. The SMILES string of the molecule is COc1cc(N=Nc2cc(S(=O)(=O)[O-])ccc2S(=O)(=O)[O-])c(C)cc1N.[Na+].[Na+]. The number of methoxy groups -OCH3 is 1. The molecule has 2 rings (SSSR count). The molecule has 140 valence electrons. The number of nitrogens with zero attached hydrogens (tertiary/aromatic N) is 2. The van der Waals surface area contributed by atoms with E-state index in [9.17, 15) is 25.9 Å². The molecule has 28 heavy (non-hydrogen) atoms. The van der Waals surface area contributed by atoms with E-state index in [0.717, 1.165) is 0 Å². The van der Waals surface area contributed by atoms with Crippen molar-refractivity contribution in [1.82, 2.24) is 0 Å². The third-order valence-electron chi connectivity index (χ3n) is 3.30. The molecule has 0 aliphatic carbocycles. The maximum atomic E-state index is 11.3.